The molecule has 0 spiro atoms. The zero-order chi connectivity index (χ0) is 12.6. The Morgan fingerprint density at radius 1 is 1.35 bits per heavy atom. The number of carbonyl (C=O) groups is 1. The maximum absolute atomic E-state index is 13.4. The molecule has 1 fully saturated rings. The number of benzene rings is 1. The second-order valence-corrected chi connectivity index (χ2v) is 5.03. The van der Waals surface area contributed by atoms with Gasteiger partial charge in [0.05, 0.1) is 0 Å². The van der Waals surface area contributed by atoms with Gasteiger partial charge < -0.3 is 9.47 Å². The SMILES string of the molecule is CC(C)(C)OC(=O)[C@@H]1O[C@H]1c1ccccc1F. The van der Waals surface area contributed by atoms with Crippen molar-refractivity contribution >= 4 is 5.97 Å². The van der Waals surface area contributed by atoms with E-state index in [9.17, 15) is 9.18 Å². The first-order valence-electron chi connectivity index (χ1n) is 5.51. The van der Waals surface area contributed by atoms with E-state index >= 15 is 0 Å². The number of esters is 1. The fourth-order valence-electron chi connectivity index (χ4n) is 1.59. The summed E-state index contributed by atoms with van der Waals surface area (Å²) in [6.07, 6.45) is -1.18. The van der Waals surface area contributed by atoms with Crippen LogP contribution >= 0.6 is 0 Å². The Bertz CT molecular complexity index is 437. The molecule has 0 N–H and O–H groups in total. The summed E-state index contributed by atoms with van der Waals surface area (Å²) in [5, 5.41) is 0. The maximum Gasteiger partial charge on any atom is 0.338 e. The van der Waals surface area contributed by atoms with Crippen molar-refractivity contribution in [1.29, 1.82) is 0 Å². The predicted molar refractivity (Wildman–Crippen MR) is 59.9 cm³/mol. The molecule has 1 aliphatic heterocycles. The third-order valence-electron chi connectivity index (χ3n) is 2.34. The smallest absolute Gasteiger partial charge is 0.338 e. The Balaban J connectivity index is 2.02. The van der Waals surface area contributed by atoms with Crippen LogP contribution in [0.1, 0.15) is 32.4 Å². The van der Waals surface area contributed by atoms with Crippen LogP contribution in [0.25, 0.3) is 0 Å². The lowest BCUT2D eigenvalue weighted by Gasteiger charge is -2.18. The quantitative estimate of drug-likeness (QED) is 0.587. The predicted octanol–water partition coefficient (Wildman–Crippen LogP) is 2.61. The number of halogens is 1. The Kier molecular flexibility index (Phi) is 2.91. The molecule has 2 rings (SSSR count). The summed E-state index contributed by atoms with van der Waals surface area (Å²) >= 11 is 0. The fourth-order valence-corrected chi connectivity index (χ4v) is 1.59. The van der Waals surface area contributed by atoms with Gasteiger partial charge >= 0.3 is 5.97 Å². The van der Waals surface area contributed by atoms with Gasteiger partial charge in [0.25, 0.3) is 0 Å². The number of ether oxygens (including phenoxy) is 2. The summed E-state index contributed by atoms with van der Waals surface area (Å²) in [5.41, 5.74) is -0.147. The summed E-state index contributed by atoms with van der Waals surface area (Å²) in [4.78, 5) is 11.6. The third-order valence-corrected chi connectivity index (χ3v) is 2.34. The minimum atomic E-state index is -0.675. The summed E-state index contributed by atoms with van der Waals surface area (Å²) in [6.45, 7) is 5.35. The van der Waals surface area contributed by atoms with Crippen LogP contribution in [0.5, 0.6) is 0 Å². The molecule has 2 atom stereocenters. The largest absolute Gasteiger partial charge is 0.458 e. The Labute approximate surface area is 99.5 Å². The van der Waals surface area contributed by atoms with Crippen LogP contribution in [0, 0.1) is 5.82 Å². The molecule has 3 nitrogen and oxygen atoms in total. The van der Waals surface area contributed by atoms with Crippen LogP contribution in [0.3, 0.4) is 0 Å². The molecule has 1 aliphatic rings. The molecule has 1 aromatic carbocycles. The molecular weight excluding hydrogens is 223 g/mol. The van der Waals surface area contributed by atoms with Crippen molar-refractivity contribution in [3.05, 3.63) is 35.6 Å². The van der Waals surface area contributed by atoms with Gasteiger partial charge in [0, 0.05) is 5.56 Å². The molecular formula is C13H15FO3. The zero-order valence-electron chi connectivity index (χ0n) is 10.1. The number of carbonyl (C=O) groups excluding carboxylic acids is 1. The average Bonchev–Trinajstić information content (AvgIpc) is 2.95. The first kappa shape index (κ1) is 12.0. The summed E-state index contributed by atoms with van der Waals surface area (Å²) in [6, 6.07) is 6.28. The minimum absolute atomic E-state index is 0.358. The van der Waals surface area contributed by atoms with Crippen LogP contribution < -0.4 is 0 Å². The molecule has 0 amide bonds. The van der Waals surface area contributed by atoms with E-state index in [4.69, 9.17) is 9.47 Å². The highest BCUT2D eigenvalue weighted by molar-refractivity contribution is 5.78. The first-order chi connectivity index (χ1) is 7.88. The summed E-state index contributed by atoms with van der Waals surface area (Å²) < 4.78 is 23.8. The van der Waals surface area contributed by atoms with Gasteiger partial charge in [-0.25, -0.2) is 9.18 Å². The van der Waals surface area contributed by atoms with Crippen molar-refractivity contribution in [2.24, 2.45) is 0 Å². The highest BCUT2D eigenvalue weighted by Gasteiger charge is 2.49. The standard InChI is InChI=1S/C13H15FO3/c1-13(2,3)17-12(15)11-10(16-11)8-6-4-5-7-9(8)14/h4-7,10-11H,1-3H3/t10-,11+/m0/s1. The van der Waals surface area contributed by atoms with Crippen LogP contribution in [0.4, 0.5) is 4.39 Å². The number of rotatable bonds is 2. The fraction of sp³-hybridized carbons (Fsp3) is 0.462. The van der Waals surface area contributed by atoms with Crippen LogP contribution in [-0.4, -0.2) is 17.7 Å². The van der Waals surface area contributed by atoms with Gasteiger partial charge in [-0.05, 0) is 26.8 Å². The molecule has 0 radical (unpaired) electrons. The molecule has 1 aromatic rings. The number of epoxide rings is 1. The normalized spacial score (nSPS) is 23.3. The topological polar surface area (TPSA) is 38.8 Å². The van der Waals surface area contributed by atoms with Crippen LogP contribution in [-0.2, 0) is 14.3 Å². The number of hydrogen-bond acceptors (Lipinski definition) is 3. The van der Waals surface area contributed by atoms with Crippen molar-refractivity contribution in [2.45, 2.75) is 38.6 Å². The lowest BCUT2D eigenvalue weighted by molar-refractivity contribution is -0.156. The van der Waals surface area contributed by atoms with Crippen molar-refractivity contribution in [3.8, 4) is 0 Å². The van der Waals surface area contributed by atoms with E-state index in [0.29, 0.717) is 5.56 Å². The second kappa shape index (κ2) is 4.11. The summed E-state index contributed by atoms with van der Waals surface area (Å²) in [7, 11) is 0. The molecule has 0 saturated carbocycles. The van der Waals surface area contributed by atoms with Gasteiger partial charge in [-0.1, -0.05) is 18.2 Å². The van der Waals surface area contributed by atoms with E-state index in [2.05, 4.69) is 0 Å². The summed E-state index contributed by atoms with van der Waals surface area (Å²) in [5.74, 6) is -0.797. The van der Waals surface area contributed by atoms with E-state index in [1.165, 1.54) is 6.07 Å². The Morgan fingerprint density at radius 2 is 2.00 bits per heavy atom. The first-order valence-corrected chi connectivity index (χ1v) is 5.51. The van der Waals surface area contributed by atoms with Crippen LogP contribution in [0.2, 0.25) is 0 Å². The van der Waals surface area contributed by atoms with E-state index < -0.39 is 23.8 Å². The molecule has 1 heterocycles. The van der Waals surface area contributed by atoms with Gasteiger partial charge in [0.15, 0.2) is 6.10 Å². The molecule has 0 bridgehead atoms. The van der Waals surface area contributed by atoms with Gasteiger partial charge in [-0.2, -0.15) is 0 Å². The highest BCUT2D eigenvalue weighted by atomic mass is 19.1. The molecule has 0 aliphatic carbocycles. The number of hydrogen-bond donors (Lipinski definition) is 0. The lowest BCUT2D eigenvalue weighted by atomic mass is 10.1. The van der Waals surface area contributed by atoms with Crippen LogP contribution in [0.15, 0.2) is 24.3 Å². The van der Waals surface area contributed by atoms with Gasteiger partial charge in [-0.3, -0.25) is 0 Å². The molecule has 4 heteroatoms. The lowest BCUT2D eigenvalue weighted by Crippen LogP contribution is -2.26. The molecule has 0 aromatic heterocycles. The van der Waals surface area contributed by atoms with E-state index in [1.54, 1.807) is 39.0 Å². The van der Waals surface area contributed by atoms with Crippen molar-refractivity contribution in [1.82, 2.24) is 0 Å². The zero-order valence-corrected chi connectivity index (χ0v) is 10.1. The van der Waals surface area contributed by atoms with Crippen molar-refractivity contribution < 1.29 is 18.7 Å². The van der Waals surface area contributed by atoms with Gasteiger partial charge in [-0.15, -0.1) is 0 Å². The van der Waals surface area contributed by atoms with Crippen molar-refractivity contribution in [2.75, 3.05) is 0 Å². The molecule has 0 unspecified atom stereocenters. The van der Waals surface area contributed by atoms with E-state index in [-0.39, 0.29) is 5.82 Å². The average molecular weight is 238 g/mol. The molecule has 17 heavy (non-hydrogen) atoms. The monoisotopic (exact) mass is 238 g/mol. The van der Waals surface area contributed by atoms with E-state index in [0.717, 1.165) is 0 Å². The Hall–Kier alpha value is -1.42. The van der Waals surface area contributed by atoms with Gasteiger partial charge in [0.2, 0.25) is 0 Å². The van der Waals surface area contributed by atoms with Crippen molar-refractivity contribution in [3.63, 3.8) is 0 Å². The highest BCUT2D eigenvalue weighted by Crippen LogP contribution is 2.41. The van der Waals surface area contributed by atoms with Gasteiger partial charge in [0.1, 0.15) is 17.5 Å². The molecule has 1 saturated heterocycles. The third kappa shape index (κ3) is 2.82. The second-order valence-electron chi connectivity index (χ2n) is 5.03. The minimum Gasteiger partial charge on any atom is -0.458 e. The molecule has 92 valence electrons. The Morgan fingerprint density at radius 3 is 2.59 bits per heavy atom. The maximum atomic E-state index is 13.4. The van der Waals surface area contributed by atoms with E-state index in [1.807, 2.05) is 0 Å².